The molecule has 2 N–H and O–H groups in total. The van der Waals surface area contributed by atoms with Gasteiger partial charge in [0.2, 0.25) is 5.91 Å². The fraction of sp³-hybridized carbons (Fsp3) is 0.100. The van der Waals surface area contributed by atoms with E-state index in [4.69, 9.17) is 0 Å². The highest BCUT2D eigenvalue weighted by molar-refractivity contribution is 6.03. The summed E-state index contributed by atoms with van der Waals surface area (Å²) in [4.78, 5) is 16.9. The summed E-state index contributed by atoms with van der Waals surface area (Å²) in [5.74, 6) is 0.0197. The van der Waals surface area contributed by atoms with Crippen LogP contribution in [0.15, 0.2) is 65.7 Å². The highest BCUT2D eigenvalue weighted by Gasteiger charge is 2.21. The standard InChI is InChI=1S/C20H16N2O2/c23-17-7-8-18-16(11-17)12-21-19(20(24)22-18)10-13-5-6-14-3-1-2-4-15(14)9-13/h1-9,11-12,19,23H,10H2,(H,22,24). The molecule has 3 aromatic rings. The smallest absolute Gasteiger partial charge is 0.249 e. The molecule has 0 radical (unpaired) electrons. The van der Waals surface area contributed by atoms with Crippen molar-refractivity contribution in [2.24, 2.45) is 4.99 Å². The van der Waals surface area contributed by atoms with Gasteiger partial charge in [-0.1, -0.05) is 42.5 Å². The van der Waals surface area contributed by atoms with Crippen molar-refractivity contribution in [2.75, 3.05) is 5.32 Å². The number of aromatic hydroxyl groups is 1. The van der Waals surface area contributed by atoms with Gasteiger partial charge in [0.1, 0.15) is 11.8 Å². The van der Waals surface area contributed by atoms with Crippen molar-refractivity contribution in [2.45, 2.75) is 12.5 Å². The first-order chi connectivity index (χ1) is 11.7. The second-order valence-electron chi connectivity index (χ2n) is 5.94. The van der Waals surface area contributed by atoms with Crippen molar-refractivity contribution in [3.63, 3.8) is 0 Å². The van der Waals surface area contributed by atoms with Crippen LogP contribution in [0.2, 0.25) is 0 Å². The molecule has 0 fully saturated rings. The molecule has 0 aliphatic carbocycles. The van der Waals surface area contributed by atoms with Gasteiger partial charge in [-0.3, -0.25) is 9.79 Å². The Morgan fingerprint density at radius 1 is 1.00 bits per heavy atom. The first kappa shape index (κ1) is 14.5. The van der Waals surface area contributed by atoms with Crippen LogP contribution in [-0.4, -0.2) is 23.3 Å². The van der Waals surface area contributed by atoms with E-state index in [2.05, 4.69) is 34.6 Å². The van der Waals surface area contributed by atoms with E-state index in [0.29, 0.717) is 17.7 Å². The van der Waals surface area contributed by atoms with Crippen LogP contribution >= 0.6 is 0 Å². The molecular formula is C20H16N2O2. The van der Waals surface area contributed by atoms with Gasteiger partial charge in [0, 0.05) is 23.9 Å². The van der Waals surface area contributed by atoms with E-state index in [1.165, 1.54) is 5.39 Å². The molecule has 1 heterocycles. The third-order valence-corrected chi connectivity index (χ3v) is 4.23. The Balaban J connectivity index is 1.62. The molecule has 1 aliphatic rings. The van der Waals surface area contributed by atoms with Crippen LogP contribution in [0, 0.1) is 0 Å². The van der Waals surface area contributed by atoms with Gasteiger partial charge in [0.15, 0.2) is 0 Å². The van der Waals surface area contributed by atoms with E-state index in [-0.39, 0.29) is 11.7 Å². The van der Waals surface area contributed by atoms with Crippen LogP contribution < -0.4 is 5.32 Å². The monoisotopic (exact) mass is 316 g/mol. The first-order valence-corrected chi connectivity index (χ1v) is 7.84. The van der Waals surface area contributed by atoms with E-state index < -0.39 is 6.04 Å². The summed E-state index contributed by atoms with van der Waals surface area (Å²) in [5.41, 5.74) is 2.45. The summed E-state index contributed by atoms with van der Waals surface area (Å²) in [6.45, 7) is 0. The fourth-order valence-corrected chi connectivity index (χ4v) is 2.96. The van der Waals surface area contributed by atoms with Gasteiger partial charge in [-0.2, -0.15) is 0 Å². The molecule has 0 saturated carbocycles. The zero-order chi connectivity index (χ0) is 16.5. The molecule has 4 heteroatoms. The lowest BCUT2D eigenvalue weighted by Crippen LogP contribution is -2.27. The lowest BCUT2D eigenvalue weighted by Gasteiger charge is -2.11. The lowest BCUT2D eigenvalue weighted by molar-refractivity contribution is -0.117. The number of rotatable bonds is 2. The minimum absolute atomic E-state index is 0.135. The van der Waals surface area contributed by atoms with Gasteiger partial charge in [-0.15, -0.1) is 0 Å². The second-order valence-corrected chi connectivity index (χ2v) is 5.94. The van der Waals surface area contributed by atoms with Gasteiger partial charge in [-0.25, -0.2) is 0 Å². The predicted octanol–water partition coefficient (Wildman–Crippen LogP) is 3.53. The largest absolute Gasteiger partial charge is 0.508 e. The molecule has 1 aliphatic heterocycles. The topological polar surface area (TPSA) is 61.7 Å². The maximum absolute atomic E-state index is 12.4. The minimum atomic E-state index is -0.485. The predicted molar refractivity (Wildman–Crippen MR) is 95.8 cm³/mol. The molecule has 1 unspecified atom stereocenters. The van der Waals surface area contributed by atoms with Gasteiger partial charge in [-0.05, 0) is 34.5 Å². The molecule has 3 aromatic carbocycles. The number of aliphatic imine (C=N–C) groups is 1. The van der Waals surface area contributed by atoms with E-state index in [9.17, 15) is 9.90 Å². The zero-order valence-corrected chi connectivity index (χ0v) is 12.9. The van der Waals surface area contributed by atoms with Crippen molar-refractivity contribution in [1.82, 2.24) is 0 Å². The molecular weight excluding hydrogens is 300 g/mol. The minimum Gasteiger partial charge on any atom is -0.508 e. The van der Waals surface area contributed by atoms with E-state index >= 15 is 0 Å². The number of amides is 1. The zero-order valence-electron chi connectivity index (χ0n) is 12.9. The Kier molecular flexibility index (Phi) is 3.50. The van der Waals surface area contributed by atoms with Crippen molar-refractivity contribution in [3.8, 4) is 5.75 Å². The fourth-order valence-electron chi connectivity index (χ4n) is 2.96. The maximum Gasteiger partial charge on any atom is 0.249 e. The van der Waals surface area contributed by atoms with Crippen LogP contribution in [0.5, 0.6) is 5.75 Å². The number of nitrogens with one attached hydrogen (secondary N) is 1. The summed E-state index contributed by atoms with van der Waals surface area (Å²) in [6.07, 6.45) is 2.19. The molecule has 4 rings (SSSR count). The Bertz CT molecular complexity index is 963. The summed E-state index contributed by atoms with van der Waals surface area (Å²) >= 11 is 0. The van der Waals surface area contributed by atoms with Gasteiger partial charge < -0.3 is 10.4 Å². The number of hydrogen-bond donors (Lipinski definition) is 2. The summed E-state index contributed by atoms with van der Waals surface area (Å²) in [7, 11) is 0. The van der Waals surface area contributed by atoms with E-state index in [1.54, 1.807) is 24.4 Å². The Hall–Kier alpha value is -3.14. The number of nitrogens with zero attached hydrogens (tertiary/aromatic N) is 1. The van der Waals surface area contributed by atoms with E-state index in [0.717, 1.165) is 10.9 Å². The summed E-state index contributed by atoms with van der Waals surface area (Å²) in [6, 6.07) is 18.7. The van der Waals surface area contributed by atoms with Crippen molar-refractivity contribution < 1.29 is 9.90 Å². The number of phenolic OH excluding ortho intramolecular Hbond substituents is 1. The number of carbonyl (C=O) groups excluding carboxylic acids is 1. The van der Waals surface area contributed by atoms with Gasteiger partial charge in [0.25, 0.3) is 0 Å². The third-order valence-electron chi connectivity index (χ3n) is 4.23. The van der Waals surface area contributed by atoms with Crippen molar-refractivity contribution in [1.29, 1.82) is 0 Å². The van der Waals surface area contributed by atoms with E-state index in [1.807, 2.05) is 18.2 Å². The van der Waals surface area contributed by atoms with Gasteiger partial charge >= 0.3 is 0 Å². The first-order valence-electron chi connectivity index (χ1n) is 7.84. The average molecular weight is 316 g/mol. The number of hydrogen-bond acceptors (Lipinski definition) is 3. The summed E-state index contributed by atoms with van der Waals surface area (Å²) < 4.78 is 0. The number of phenols is 1. The third kappa shape index (κ3) is 2.74. The molecule has 118 valence electrons. The quantitative estimate of drug-likeness (QED) is 0.711. The molecule has 1 atom stereocenters. The average Bonchev–Trinajstić information content (AvgIpc) is 2.74. The normalized spacial score (nSPS) is 16.5. The van der Waals surface area contributed by atoms with Crippen molar-refractivity contribution >= 4 is 28.6 Å². The highest BCUT2D eigenvalue weighted by Crippen LogP contribution is 2.23. The number of anilines is 1. The molecule has 4 nitrogen and oxygen atoms in total. The molecule has 1 amide bonds. The number of benzene rings is 3. The maximum atomic E-state index is 12.4. The van der Waals surface area contributed by atoms with Crippen LogP contribution in [0.1, 0.15) is 11.1 Å². The SMILES string of the molecule is O=C1Nc2ccc(O)cc2C=NC1Cc1ccc2ccccc2c1. The Labute approximate surface area is 139 Å². The van der Waals surface area contributed by atoms with Crippen molar-refractivity contribution in [3.05, 3.63) is 71.8 Å². The molecule has 0 aromatic heterocycles. The summed E-state index contributed by atoms with van der Waals surface area (Å²) in [5, 5.41) is 14.8. The Morgan fingerprint density at radius 3 is 2.71 bits per heavy atom. The van der Waals surface area contributed by atoms with Crippen LogP contribution in [0.3, 0.4) is 0 Å². The highest BCUT2D eigenvalue weighted by atomic mass is 16.3. The molecule has 24 heavy (non-hydrogen) atoms. The number of benzodiazepines with no additional fused rings is 1. The molecule has 0 spiro atoms. The van der Waals surface area contributed by atoms with Crippen LogP contribution in [-0.2, 0) is 11.2 Å². The molecule has 0 saturated heterocycles. The second kappa shape index (κ2) is 5.81. The van der Waals surface area contributed by atoms with Gasteiger partial charge in [0.05, 0.1) is 0 Å². The number of fused-ring (bicyclic) bond motifs is 2. The lowest BCUT2D eigenvalue weighted by atomic mass is 10.0. The van der Waals surface area contributed by atoms with Crippen LogP contribution in [0.25, 0.3) is 10.8 Å². The number of carbonyl (C=O) groups is 1. The Morgan fingerprint density at radius 2 is 1.83 bits per heavy atom. The van der Waals surface area contributed by atoms with Crippen LogP contribution in [0.4, 0.5) is 5.69 Å². The molecule has 0 bridgehead atoms.